The number of nitrogen functional groups attached to an aromatic ring is 1. The summed E-state index contributed by atoms with van der Waals surface area (Å²) in [6, 6.07) is 1.43. The van der Waals surface area contributed by atoms with Crippen molar-refractivity contribution in [3.05, 3.63) is 16.4 Å². The van der Waals surface area contributed by atoms with E-state index in [2.05, 4.69) is 9.97 Å². The van der Waals surface area contributed by atoms with Crippen LogP contribution < -0.4 is 16.2 Å². The van der Waals surface area contributed by atoms with Crippen LogP contribution in [0, 0.1) is 5.92 Å². The lowest BCUT2D eigenvalue weighted by molar-refractivity contribution is -0.135. The molecule has 0 aliphatic carbocycles. The average Bonchev–Trinajstić information content (AvgIpc) is 3.00. The van der Waals surface area contributed by atoms with Crippen molar-refractivity contribution in [2.75, 3.05) is 50.0 Å². The van der Waals surface area contributed by atoms with Crippen LogP contribution in [0.5, 0.6) is 0 Å². The lowest BCUT2D eigenvalue weighted by atomic mass is 10.1. The second kappa shape index (κ2) is 5.72. The largest absolute Gasteiger partial charge is 0.381 e. The van der Waals surface area contributed by atoms with E-state index in [1.807, 2.05) is 9.80 Å². The molecule has 2 aliphatic heterocycles. The number of aromatic nitrogens is 2. The Morgan fingerprint density at radius 3 is 2.76 bits per heavy atom. The molecule has 8 nitrogen and oxygen atoms in total. The minimum Gasteiger partial charge on any atom is -0.381 e. The summed E-state index contributed by atoms with van der Waals surface area (Å²) in [6.07, 6.45) is 0.811. The number of rotatable bonds is 2. The van der Waals surface area contributed by atoms with Gasteiger partial charge in [-0.1, -0.05) is 0 Å². The number of nitrogens with zero attached hydrogens (tertiary/aromatic N) is 3. The molecule has 21 heavy (non-hydrogen) atoms. The number of H-pyrrole nitrogens is 1. The zero-order valence-electron chi connectivity index (χ0n) is 11.7. The van der Waals surface area contributed by atoms with E-state index < -0.39 is 0 Å². The summed E-state index contributed by atoms with van der Waals surface area (Å²) >= 11 is 0. The summed E-state index contributed by atoms with van der Waals surface area (Å²) in [4.78, 5) is 34.1. The van der Waals surface area contributed by atoms with Crippen LogP contribution in [0.25, 0.3) is 0 Å². The number of nitrogens with one attached hydrogen (secondary N) is 1. The van der Waals surface area contributed by atoms with E-state index in [0.29, 0.717) is 45.2 Å². The van der Waals surface area contributed by atoms with Gasteiger partial charge in [-0.2, -0.15) is 4.98 Å². The Morgan fingerprint density at radius 2 is 2.14 bits per heavy atom. The average molecular weight is 293 g/mol. The Balaban J connectivity index is 1.62. The molecule has 2 aliphatic rings. The fourth-order valence-electron chi connectivity index (χ4n) is 2.77. The van der Waals surface area contributed by atoms with Gasteiger partial charge in [0.2, 0.25) is 11.9 Å². The number of aromatic amines is 1. The van der Waals surface area contributed by atoms with E-state index in [-0.39, 0.29) is 23.3 Å². The summed E-state index contributed by atoms with van der Waals surface area (Å²) < 4.78 is 5.27. The first kappa shape index (κ1) is 13.9. The van der Waals surface area contributed by atoms with E-state index in [0.717, 1.165) is 6.42 Å². The SMILES string of the molecule is Nc1nc(N2CCN(C(=O)C3CCOC3)CC2)cc(=O)[nH]1. The molecule has 0 aromatic carbocycles. The fourth-order valence-corrected chi connectivity index (χ4v) is 2.77. The number of hydrogen-bond donors (Lipinski definition) is 2. The third-order valence-electron chi connectivity index (χ3n) is 3.94. The number of hydrogen-bond acceptors (Lipinski definition) is 6. The number of piperazine rings is 1. The molecular formula is C13H19N5O3. The van der Waals surface area contributed by atoms with Crippen molar-refractivity contribution in [2.24, 2.45) is 5.92 Å². The van der Waals surface area contributed by atoms with Crippen molar-refractivity contribution in [2.45, 2.75) is 6.42 Å². The van der Waals surface area contributed by atoms with E-state index >= 15 is 0 Å². The normalized spacial score (nSPS) is 22.6. The predicted octanol–water partition coefficient (Wildman–Crippen LogP) is -0.963. The first-order valence-corrected chi connectivity index (χ1v) is 7.12. The Labute approximate surface area is 121 Å². The van der Waals surface area contributed by atoms with Crippen LogP contribution >= 0.6 is 0 Å². The zero-order valence-corrected chi connectivity index (χ0v) is 11.7. The second-order valence-electron chi connectivity index (χ2n) is 5.36. The minimum absolute atomic E-state index is 0.00453. The summed E-state index contributed by atoms with van der Waals surface area (Å²) in [5.41, 5.74) is 5.29. The molecular weight excluding hydrogens is 274 g/mol. The third-order valence-corrected chi connectivity index (χ3v) is 3.94. The Bertz CT molecular complexity index is 573. The molecule has 0 spiro atoms. The first-order valence-electron chi connectivity index (χ1n) is 7.12. The second-order valence-corrected chi connectivity index (χ2v) is 5.36. The fraction of sp³-hybridized carbons (Fsp3) is 0.615. The van der Waals surface area contributed by atoms with Crippen LogP contribution in [-0.2, 0) is 9.53 Å². The molecule has 2 fully saturated rings. The highest BCUT2D eigenvalue weighted by molar-refractivity contribution is 5.79. The topological polar surface area (TPSA) is 105 Å². The van der Waals surface area contributed by atoms with Crippen molar-refractivity contribution in [3.63, 3.8) is 0 Å². The smallest absolute Gasteiger partial charge is 0.254 e. The first-order chi connectivity index (χ1) is 10.1. The van der Waals surface area contributed by atoms with Crippen molar-refractivity contribution in [3.8, 4) is 0 Å². The van der Waals surface area contributed by atoms with E-state index in [1.54, 1.807) is 0 Å². The molecule has 3 heterocycles. The Hall–Kier alpha value is -2.09. The highest BCUT2D eigenvalue weighted by Crippen LogP contribution is 2.18. The maximum absolute atomic E-state index is 12.3. The van der Waals surface area contributed by atoms with Crippen LogP contribution in [-0.4, -0.2) is 60.2 Å². The number of carbonyl (C=O) groups is 1. The van der Waals surface area contributed by atoms with Crippen LogP contribution in [0.1, 0.15) is 6.42 Å². The summed E-state index contributed by atoms with van der Waals surface area (Å²) in [6.45, 7) is 3.76. The van der Waals surface area contributed by atoms with E-state index in [1.165, 1.54) is 6.07 Å². The molecule has 0 saturated carbocycles. The quantitative estimate of drug-likeness (QED) is 0.727. The van der Waals surface area contributed by atoms with E-state index in [4.69, 9.17) is 10.5 Å². The molecule has 8 heteroatoms. The van der Waals surface area contributed by atoms with Crippen LogP contribution in [0.4, 0.5) is 11.8 Å². The van der Waals surface area contributed by atoms with Crippen LogP contribution in [0.15, 0.2) is 10.9 Å². The molecule has 0 bridgehead atoms. The number of nitrogens with two attached hydrogens (primary N) is 1. The molecule has 1 atom stereocenters. The van der Waals surface area contributed by atoms with Crippen molar-refractivity contribution in [1.82, 2.24) is 14.9 Å². The van der Waals surface area contributed by atoms with Gasteiger partial charge < -0.3 is 20.3 Å². The number of anilines is 2. The lowest BCUT2D eigenvalue weighted by Gasteiger charge is -2.36. The highest BCUT2D eigenvalue weighted by Gasteiger charge is 2.30. The number of carbonyl (C=O) groups excluding carboxylic acids is 1. The van der Waals surface area contributed by atoms with Crippen molar-refractivity contribution in [1.29, 1.82) is 0 Å². The third kappa shape index (κ3) is 2.99. The summed E-state index contributed by atoms with van der Waals surface area (Å²) in [5, 5.41) is 0. The van der Waals surface area contributed by atoms with Crippen molar-refractivity contribution >= 4 is 17.7 Å². The standard InChI is InChI=1S/C13H19N5O3/c14-13-15-10(7-11(19)16-13)17-2-4-18(5-3-17)12(20)9-1-6-21-8-9/h7,9H,1-6,8H2,(H3,14,15,16,19). The highest BCUT2D eigenvalue weighted by atomic mass is 16.5. The van der Waals surface area contributed by atoms with Crippen LogP contribution in [0.3, 0.4) is 0 Å². The summed E-state index contributed by atoms with van der Waals surface area (Å²) in [7, 11) is 0. The monoisotopic (exact) mass is 293 g/mol. The molecule has 3 rings (SSSR count). The Morgan fingerprint density at radius 1 is 1.38 bits per heavy atom. The number of ether oxygens (including phenoxy) is 1. The van der Waals surface area contributed by atoms with Gasteiger partial charge in [-0.15, -0.1) is 0 Å². The predicted molar refractivity (Wildman–Crippen MR) is 77.0 cm³/mol. The molecule has 2 saturated heterocycles. The van der Waals surface area contributed by atoms with Gasteiger partial charge in [0.25, 0.3) is 5.56 Å². The molecule has 0 radical (unpaired) electrons. The maximum atomic E-state index is 12.3. The molecule has 1 unspecified atom stereocenters. The molecule has 1 amide bonds. The maximum Gasteiger partial charge on any atom is 0.254 e. The van der Waals surface area contributed by atoms with Gasteiger partial charge in [-0.05, 0) is 6.42 Å². The summed E-state index contributed by atoms with van der Waals surface area (Å²) in [5.74, 6) is 0.849. The molecule has 3 N–H and O–H groups in total. The molecule has 114 valence electrons. The minimum atomic E-state index is -0.265. The van der Waals surface area contributed by atoms with Gasteiger partial charge in [0, 0.05) is 38.9 Å². The van der Waals surface area contributed by atoms with Gasteiger partial charge in [0.1, 0.15) is 5.82 Å². The van der Waals surface area contributed by atoms with Crippen LogP contribution in [0.2, 0.25) is 0 Å². The van der Waals surface area contributed by atoms with Crippen molar-refractivity contribution < 1.29 is 9.53 Å². The van der Waals surface area contributed by atoms with Gasteiger partial charge in [0.15, 0.2) is 0 Å². The van der Waals surface area contributed by atoms with Gasteiger partial charge in [-0.25, -0.2) is 0 Å². The van der Waals surface area contributed by atoms with Gasteiger partial charge >= 0.3 is 0 Å². The zero-order chi connectivity index (χ0) is 14.8. The number of amides is 1. The Kier molecular flexibility index (Phi) is 3.78. The van der Waals surface area contributed by atoms with E-state index in [9.17, 15) is 9.59 Å². The van der Waals surface area contributed by atoms with Gasteiger partial charge in [0.05, 0.1) is 12.5 Å². The molecule has 1 aromatic heterocycles. The lowest BCUT2D eigenvalue weighted by Crippen LogP contribution is -2.51. The molecule has 1 aromatic rings. The van der Waals surface area contributed by atoms with Gasteiger partial charge in [-0.3, -0.25) is 14.6 Å².